The standard InChI is InChI=1S/C33H32IN5O6/c1-3-43-32(40)21-5-9-24(10-6-21)45-33(41)39-15-13-25-26-18-23(34)8-11-27(26)37-30(25)31(39)22-7-12-28(29(17-22)42-2)44-16-4-14-38-20-35-19-36-38/h5-12,17-20,31,37H,3-4,13-16H2,1-2H3. The van der Waals surface area contributed by atoms with Gasteiger partial charge < -0.3 is 23.9 Å². The number of hydrogen-bond donors (Lipinski definition) is 1. The van der Waals surface area contributed by atoms with Crippen molar-refractivity contribution >= 4 is 45.6 Å². The van der Waals surface area contributed by atoms with Gasteiger partial charge in [-0.3, -0.25) is 9.58 Å². The largest absolute Gasteiger partial charge is 0.493 e. The van der Waals surface area contributed by atoms with Crippen LogP contribution >= 0.6 is 22.6 Å². The van der Waals surface area contributed by atoms with Crippen LogP contribution in [0, 0.1) is 3.57 Å². The van der Waals surface area contributed by atoms with Crippen LogP contribution < -0.4 is 14.2 Å². The molecular formula is C33H32IN5O6. The Morgan fingerprint density at radius 2 is 1.91 bits per heavy atom. The molecule has 0 saturated heterocycles. The molecule has 12 heteroatoms. The summed E-state index contributed by atoms with van der Waals surface area (Å²) in [6.45, 7) is 3.63. The molecule has 0 saturated carbocycles. The van der Waals surface area contributed by atoms with Crippen molar-refractivity contribution in [2.24, 2.45) is 0 Å². The zero-order chi connectivity index (χ0) is 31.3. The molecule has 45 heavy (non-hydrogen) atoms. The fourth-order valence-electron chi connectivity index (χ4n) is 5.57. The molecule has 1 aliphatic heterocycles. The quantitative estimate of drug-likeness (QED) is 0.103. The zero-order valence-corrected chi connectivity index (χ0v) is 27.0. The number of fused-ring (bicyclic) bond motifs is 3. The molecule has 0 spiro atoms. The normalized spacial score (nSPS) is 14.2. The van der Waals surface area contributed by atoms with Gasteiger partial charge in [-0.2, -0.15) is 5.10 Å². The summed E-state index contributed by atoms with van der Waals surface area (Å²) in [5.41, 5.74) is 4.34. The smallest absolute Gasteiger partial charge is 0.416 e. The molecule has 11 nitrogen and oxygen atoms in total. The number of hydrogen-bond acceptors (Lipinski definition) is 8. The number of amides is 1. The molecule has 1 N–H and O–H groups in total. The maximum Gasteiger partial charge on any atom is 0.416 e. The first-order chi connectivity index (χ1) is 21.9. The first-order valence-electron chi connectivity index (χ1n) is 14.6. The third-order valence-corrected chi connectivity index (χ3v) is 8.32. The summed E-state index contributed by atoms with van der Waals surface area (Å²) >= 11 is 2.32. The summed E-state index contributed by atoms with van der Waals surface area (Å²) in [5, 5.41) is 5.27. The predicted octanol–water partition coefficient (Wildman–Crippen LogP) is 6.16. The van der Waals surface area contributed by atoms with Crippen LogP contribution in [0.5, 0.6) is 17.2 Å². The van der Waals surface area contributed by atoms with Crippen molar-refractivity contribution in [2.75, 3.05) is 26.9 Å². The number of esters is 1. The number of rotatable bonds is 10. The van der Waals surface area contributed by atoms with Crippen LogP contribution in [0.15, 0.2) is 73.3 Å². The molecular weight excluding hydrogens is 689 g/mol. The zero-order valence-electron chi connectivity index (χ0n) is 24.9. The third-order valence-electron chi connectivity index (χ3n) is 7.65. The molecule has 0 bridgehead atoms. The molecule has 0 fully saturated rings. The highest BCUT2D eigenvalue weighted by Gasteiger charge is 2.36. The molecule has 2 aromatic heterocycles. The van der Waals surface area contributed by atoms with E-state index in [0.717, 1.165) is 32.2 Å². The fourth-order valence-corrected chi connectivity index (χ4v) is 6.06. The second kappa shape index (κ2) is 13.6. The van der Waals surface area contributed by atoms with E-state index in [4.69, 9.17) is 18.9 Å². The number of aryl methyl sites for hydroxylation is 1. The van der Waals surface area contributed by atoms with E-state index in [0.29, 0.717) is 48.9 Å². The maximum atomic E-state index is 13.8. The number of nitrogens with zero attached hydrogens (tertiary/aromatic N) is 4. The summed E-state index contributed by atoms with van der Waals surface area (Å²) in [4.78, 5) is 35.1. The summed E-state index contributed by atoms with van der Waals surface area (Å²) in [7, 11) is 1.60. The first-order valence-corrected chi connectivity index (χ1v) is 15.7. The lowest BCUT2D eigenvalue weighted by molar-refractivity contribution is 0.0526. The Hall–Kier alpha value is -4.59. The lowest BCUT2D eigenvalue weighted by Crippen LogP contribution is -2.42. The number of carbonyl (C=O) groups excluding carboxylic acids is 2. The highest BCUT2D eigenvalue weighted by atomic mass is 127. The van der Waals surface area contributed by atoms with E-state index in [1.165, 1.54) is 11.9 Å². The van der Waals surface area contributed by atoms with Gasteiger partial charge in [-0.25, -0.2) is 14.6 Å². The van der Waals surface area contributed by atoms with Crippen LogP contribution in [0.4, 0.5) is 4.79 Å². The van der Waals surface area contributed by atoms with Crippen LogP contribution in [-0.4, -0.2) is 63.6 Å². The average Bonchev–Trinajstić information content (AvgIpc) is 3.71. The van der Waals surface area contributed by atoms with Crippen LogP contribution in [0.3, 0.4) is 0 Å². The molecule has 3 heterocycles. The Morgan fingerprint density at radius 1 is 1.07 bits per heavy atom. The highest BCUT2D eigenvalue weighted by molar-refractivity contribution is 14.1. The van der Waals surface area contributed by atoms with Crippen molar-refractivity contribution in [2.45, 2.75) is 32.4 Å². The van der Waals surface area contributed by atoms with Crippen molar-refractivity contribution in [1.29, 1.82) is 0 Å². The Bertz CT molecular complexity index is 1800. The SMILES string of the molecule is CCOC(=O)c1ccc(OC(=O)N2CCc3c([nH]c4ccc(I)cc34)C2c2ccc(OCCCn3cncn3)c(OC)c2)cc1. The monoisotopic (exact) mass is 721 g/mol. The van der Waals surface area contributed by atoms with Gasteiger partial charge in [0.25, 0.3) is 0 Å². The van der Waals surface area contributed by atoms with E-state index in [1.54, 1.807) is 54.2 Å². The molecule has 1 unspecified atom stereocenters. The van der Waals surface area contributed by atoms with Gasteiger partial charge in [-0.05, 0) is 102 Å². The Balaban J connectivity index is 1.28. The van der Waals surface area contributed by atoms with Gasteiger partial charge in [0.05, 0.1) is 25.9 Å². The van der Waals surface area contributed by atoms with Gasteiger partial charge >= 0.3 is 12.1 Å². The highest BCUT2D eigenvalue weighted by Crippen LogP contribution is 2.41. The molecule has 0 radical (unpaired) electrons. The topological polar surface area (TPSA) is 121 Å². The average molecular weight is 722 g/mol. The predicted molar refractivity (Wildman–Crippen MR) is 175 cm³/mol. The summed E-state index contributed by atoms with van der Waals surface area (Å²) in [5.74, 6) is 1.08. The molecule has 5 aromatic rings. The first kappa shape index (κ1) is 30.4. The number of methoxy groups -OCH3 is 1. The minimum Gasteiger partial charge on any atom is -0.493 e. The van der Waals surface area contributed by atoms with Gasteiger partial charge in [-0.1, -0.05) is 6.07 Å². The van der Waals surface area contributed by atoms with E-state index in [1.807, 2.05) is 18.2 Å². The van der Waals surface area contributed by atoms with E-state index >= 15 is 0 Å². The van der Waals surface area contributed by atoms with E-state index < -0.39 is 18.1 Å². The van der Waals surface area contributed by atoms with Gasteiger partial charge in [-0.15, -0.1) is 0 Å². The molecule has 6 rings (SSSR count). The van der Waals surface area contributed by atoms with Crippen molar-refractivity contribution < 1.29 is 28.5 Å². The number of H-pyrrole nitrogens is 1. The van der Waals surface area contributed by atoms with Gasteiger partial charge in [0.15, 0.2) is 11.5 Å². The second-order valence-corrected chi connectivity index (χ2v) is 11.7. The lowest BCUT2D eigenvalue weighted by Gasteiger charge is -2.35. The number of aromatic nitrogens is 4. The number of benzene rings is 3. The summed E-state index contributed by atoms with van der Waals surface area (Å²) in [6.07, 6.45) is 4.08. The van der Waals surface area contributed by atoms with Crippen molar-refractivity contribution in [1.82, 2.24) is 24.6 Å². The number of carbonyl (C=O) groups is 2. The van der Waals surface area contributed by atoms with Crippen molar-refractivity contribution in [3.63, 3.8) is 0 Å². The van der Waals surface area contributed by atoms with Crippen molar-refractivity contribution in [3.8, 4) is 17.2 Å². The van der Waals surface area contributed by atoms with Gasteiger partial charge in [0.2, 0.25) is 0 Å². The molecule has 1 amide bonds. The number of aromatic amines is 1. The van der Waals surface area contributed by atoms with Gasteiger partial charge in [0, 0.05) is 39.7 Å². The second-order valence-electron chi connectivity index (χ2n) is 10.4. The maximum absolute atomic E-state index is 13.8. The van der Waals surface area contributed by atoms with E-state index in [-0.39, 0.29) is 6.61 Å². The Morgan fingerprint density at radius 3 is 2.67 bits per heavy atom. The fraction of sp³-hybridized carbons (Fsp3) is 0.273. The van der Waals surface area contributed by atoms with E-state index in [9.17, 15) is 9.59 Å². The Kier molecular flexibility index (Phi) is 9.19. The molecule has 232 valence electrons. The van der Waals surface area contributed by atoms with E-state index in [2.05, 4.69) is 55.9 Å². The summed E-state index contributed by atoms with van der Waals surface area (Å²) < 4.78 is 25.6. The van der Waals surface area contributed by atoms with Crippen molar-refractivity contribution in [3.05, 3.63) is 99.3 Å². The Labute approximate surface area is 273 Å². The minimum absolute atomic E-state index is 0.280. The molecule has 1 atom stereocenters. The van der Waals surface area contributed by atoms with Crippen LogP contribution in [0.1, 0.15) is 46.6 Å². The van der Waals surface area contributed by atoms with Crippen LogP contribution in [-0.2, 0) is 17.7 Å². The van der Waals surface area contributed by atoms with Gasteiger partial charge in [0.1, 0.15) is 24.4 Å². The minimum atomic E-state index is -0.504. The van der Waals surface area contributed by atoms with Crippen LogP contribution in [0.25, 0.3) is 10.9 Å². The number of ether oxygens (including phenoxy) is 4. The third kappa shape index (κ3) is 6.60. The molecule has 0 aliphatic carbocycles. The molecule has 3 aromatic carbocycles. The number of nitrogens with one attached hydrogen (secondary N) is 1. The summed E-state index contributed by atoms with van der Waals surface area (Å²) in [6, 6.07) is 17.9. The lowest BCUT2D eigenvalue weighted by atomic mass is 9.92. The molecule has 1 aliphatic rings. The van der Waals surface area contributed by atoms with Crippen LogP contribution in [0.2, 0.25) is 0 Å². The number of halogens is 1.